The molecule has 0 aromatic heterocycles. The fourth-order valence-corrected chi connectivity index (χ4v) is 3.05. The molecule has 1 saturated heterocycles. The summed E-state index contributed by atoms with van der Waals surface area (Å²) in [5.74, 6) is 0. The minimum Gasteiger partial charge on any atom is -0.314 e. The van der Waals surface area contributed by atoms with Crippen LogP contribution in [0.3, 0.4) is 0 Å². The molecule has 0 amide bonds. The first kappa shape index (κ1) is 22.3. The Labute approximate surface area is 157 Å². The summed E-state index contributed by atoms with van der Waals surface area (Å²) >= 11 is 3.24. The third-order valence-corrected chi connectivity index (χ3v) is 4.36. The number of nitrogens with one attached hydrogen (secondary N) is 1. The van der Waals surface area contributed by atoms with Gasteiger partial charge in [-0.3, -0.25) is 15.0 Å². The number of benzene rings is 1. The predicted molar refractivity (Wildman–Crippen MR) is 102 cm³/mol. The summed E-state index contributed by atoms with van der Waals surface area (Å²) in [4.78, 5) is 13.2. The average Bonchev–Trinajstić information content (AvgIpc) is 2.46. The van der Waals surface area contributed by atoms with Crippen molar-refractivity contribution in [3.05, 3.63) is 50.5 Å². The lowest BCUT2D eigenvalue weighted by atomic mass is 9.97. The van der Waals surface area contributed by atoms with Crippen LogP contribution >= 0.6 is 40.7 Å². The third kappa shape index (κ3) is 6.04. The fraction of sp³-hybridized carbons (Fsp3) is 0.467. The van der Waals surface area contributed by atoms with Gasteiger partial charge in [0.15, 0.2) is 0 Å². The second kappa shape index (κ2) is 10.3. The molecule has 0 radical (unpaired) electrons. The summed E-state index contributed by atoms with van der Waals surface area (Å²) in [7, 11) is 0. The maximum Gasteiger partial charge on any atom is 0.283 e. The second-order valence-corrected chi connectivity index (χ2v) is 6.29. The van der Waals surface area contributed by atoms with Crippen molar-refractivity contribution >= 4 is 46.4 Å². The number of nitro groups is 1. The highest BCUT2D eigenvalue weighted by molar-refractivity contribution is 9.10. The average molecular weight is 427 g/mol. The van der Waals surface area contributed by atoms with Crippen LogP contribution in [-0.2, 0) is 0 Å². The Morgan fingerprint density at radius 2 is 2.04 bits per heavy atom. The van der Waals surface area contributed by atoms with Crippen molar-refractivity contribution in [3.63, 3.8) is 0 Å². The quantitative estimate of drug-likeness (QED) is 0.437. The molecule has 8 heteroatoms. The minimum atomic E-state index is -0.344. The SMILES string of the molecule is C=C(C)C[C@@H](c1ccc(Br)c([N+](=O)[O-])c1)N1CCNCC1.Cl.Cl. The summed E-state index contributed by atoms with van der Waals surface area (Å²) in [5.41, 5.74) is 2.19. The summed E-state index contributed by atoms with van der Waals surface area (Å²) in [5, 5.41) is 14.5. The highest BCUT2D eigenvalue weighted by atomic mass is 79.9. The lowest BCUT2D eigenvalue weighted by molar-refractivity contribution is -0.385. The highest BCUT2D eigenvalue weighted by Gasteiger charge is 2.24. The van der Waals surface area contributed by atoms with Crippen LogP contribution in [0.4, 0.5) is 5.69 Å². The molecule has 1 aromatic carbocycles. The second-order valence-electron chi connectivity index (χ2n) is 5.43. The van der Waals surface area contributed by atoms with Gasteiger partial charge in [-0.1, -0.05) is 11.6 Å². The molecule has 1 aromatic rings. The lowest BCUT2D eigenvalue weighted by Gasteiger charge is -2.35. The zero-order chi connectivity index (χ0) is 15.4. The number of rotatable bonds is 5. The first-order valence-electron chi connectivity index (χ1n) is 7.02. The van der Waals surface area contributed by atoms with Gasteiger partial charge in [0.1, 0.15) is 0 Å². The van der Waals surface area contributed by atoms with Crippen molar-refractivity contribution in [2.45, 2.75) is 19.4 Å². The van der Waals surface area contributed by atoms with Crippen molar-refractivity contribution in [1.29, 1.82) is 0 Å². The van der Waals surface area contributed by atoms with Crippen molar-refractivity contribution in [1.82, 2.24) is 10.2 Å². The van der Waals surface area contributed by atoms with E-state index in [9.17, 15) is 10.1 Å². The lowest BCUT2D eigenvalue weighted by Crippen LogP contribution is -2.45. The molecular formula is C15H22BrCl2N3O2. The molecular weight excluding hydrogens is 405 g/mol. The molecule has 0 bridgehead atoms. The van der Waals surface area contributed by atoms with Gasteiger partial charge in [0, 0.05) is 38.3 Å². The van der Waals surface area contributed by atoms with Crippen LogP contribution in [-0.4, -0.2) is 36.0 Å². The van der Waals surface area contributed by atoms with Gasteiger partial charge in [0.05, 0.1) is 9.40 Å². The van der Waals surface area contributed by atoms with Crippen molar-refractivity contribution in [3.8, 4) is 0 Å². The first-order valence-corrected chi connectivity index (χ1v) is 7.81. The zero-order valence-corrected chi connectivity index (χ0v) is 16.2. The normalized spacial score (nSPS) is 15.9. The van der Waals surface area contributed by atoms with E-state index in [4.69, 9.17) is 0 Å². The maximum absolute atomic E-state index is 11.1. The highest BCUT2D eigenvalue weighted by Crippen LogP contribution is 2.33. The molecule has 1 aliphatic rings. The number of nitrogens with zero attached hydrogens (tertiary/aromatic N) is 2. The van der Waals surface area contributed by atoms with Gasteiger partial charge in [-0.25, -0.2) is 0 Å². The Balaban J connectivity index is 0.00000242. The van der Waals surface area contributed by atoms with Crippen LogP contribution in [0.2, 0.25) is 0 Å². The van der Waals surface area contributed by atoms with Crippen LogP contribution in [0, 0.1) is 10.1 Å². The van der Waals surface area contributed by atoms with E-state index >= 15 is 0 Å². The van der Waals surface area contributed by atoms with Crippen molar-refractivity contribution in [2.75, 3.05) is 26.2 Å². The van der Waals surface area contributed by atoms with Crippen molar-refractivity contribution < 1.29 is 4.92 Å². The Morgan fingerprint density at radius 1 is 1.43 bits per heavy atom. The topological polar surface area (TPSA) is 58.4 Å². The number of nitro benzene ring substituents is 1. The van der Waals surface area contributed by atoms with E-state index in [2.05, 4.69) is 32.7 Å². The summed E-state index contributed by atoms with van der Waals surface area (Å²) in [6, 6.07) is 5.56. The van der Waals surface area contributed by atoms with E-state index < -0.39 is 0 Å². The minimum absolute atomic E-state index is 0. The van der Waals surface area contributed by atoms with Crippen LogP contribution in [0.5, 0.6) is 0 Å². The molecule has 1 N–H and O–H groups in total. The maximum atomic E-state index is 11.1. The molecule has 1 atom stereocenters. The van der Waals surface area contributed by atoms with Crippen LogP contribution in [0.15, 0.2) is 34.8 Å². The molecule has 23 heavy (non-hydrogen) atoms. The first-order chi connectivity index (χ1) is 9.99. The third-order valence-electron chi connectivity index (χ3n) is 3.69. The Morgan fingerprint density at radius 3 is 2.57 bits per heavy atom. The fourth-order valence-electron chi connectivity index (χ4n) is 2.66. The number of hydrogen-bond acceptors (Lipinski definition) is 4. The zero-order valence-electron chi connectivity index (χ0n) is 13.0. The molecule has 1 fully saturated rings. The number of halogens is 3. The Bertz CT molecular complexity index is 552. The van der Waals surface area contributed by atoms with Gasteiger partial charge >= 0.3 is 0 Å². The van der Waals surface area contributed by atoms with Gasteiger partial charge in [-0.05, 0) is 40.9 Å². The number of piperazine rings is 1. The molecule has 1 heterocycles. The number of hydrogen-bond donors (Lipinski definition) is 1. The molecule has 5 nitrogen and oxygen atoms in total. The van der Waals surface area contributed by atoms with E-state index in [1.807, 2.05) is 13.0 Å². The molecule has 0 saturated carbocycles. The van der Waals surface area contributed by atoms with Gasteiger partial charge in [-0.2, -0.15) is 0 Å². The van der Waals surface area contributed by atoms with E-state index in [1.54, 1.807) is 12.1 Å². The Hall–Kier alpha value is -0.660. The predicted octanol–water partition coefficient (Wildman–Crippen LogP) is 4.11. The largest absolute Gasteiger partial charge is 0.314 e. The van der Waals surface area contributed by atoms with Crippen LogP contribution in [0.1, 0.15) is 24.9 Å². The van der Waals surface area contributed by atoms with Gasteiger partial charge in [0.25, 0.3) is 5.69 Å². The smallest absolute Gasteiger partial charge is 0.283 e. The van der Waals surface area contributed by atoms with Gasteiger partial charge < -0.3 is 5.32 Å². The van der Waals surface area contributed by atoms with E-state index in [-0.39, 0.29) is 41.5 Å². The van der Waals surface area contributed by atoms with Crippen LogP contribution in [0.25, 0.3) is 0 Å². The van der Waals surface area contributed by atoms with Crippen molar-refractivity contribution in [2.24, 2.45) is 0 Å². The van der Waals surface area contributed by atoms with Crippen LogP contribution < -0.4 is 5.32 Å². The Kier molecular flexibility index (Phi) is 9.96. The molecule has 0 spiro atoms. The standard InChI is InChI=1S/C15H20BrN3O2.2ClH/c1-11(2)9-14(18-7-5-17-6-8-18)12-3-4-13(16)15(10-12)19(20)21;;/h3-4,10,14,17H,1,5-9H2,2H3;2*1H/t14-;;/m0../s1. The summed E-state index contributed by atoms with van der Waals surface area (Å²) in [6.07, 6.45) is 0.818. The van der Waals surface area contributed by atoms with Gasteiger partial charge in [0.2, 0.25) is 0 Å². The molecule has 2 rings (SSSR count). The molecule has 1 aliphatic heterocycles. The summed E-state index contributed by atoms with van der Waals surface area (Å²) in [6.45, 7) is 9.80. The molecule has 0 unspecified atom stereocenters. The van der Waals surface area contributed by atoms with Gasteiger partial charge in [-0.15, -0.1) is 31.4 Å². The monoisotopic (exact) mass is 425 g/mol. The van der Waals surface area contributed by atoms with E-state index in [0.717, 1.165) is 43.7 Å². The van der Waals surface area contributed by atoms with E-state index in [1.165, 1.54) is 0 Å². The van der Waals surface area contributed by atoms with E-state index in [0.29, 0.717) is 4.47 Å². The molecule has 0 aliphatic carbocycles. The summed E-state index contributed by atoms with van der Waals surface area (Å²) < 4.78 is 0.519. The molecule has 130 valence electrons.